The lowest BCUT2D eigenvalue weighted by Gasteiger charge is -2.19. The Balaban J connectivity index is 1.39. The first-order valence-electron chi connectivity index (χ1n) is 10.4. The number of hydrogen-bond acceptors (Lipinski definition) is 3. The quantitative estimate of drug-likeness (QED) is 0.669. The number of anilines is 2. The summed E-state index contributed by atoms with van der Waals surface area (Å²) in [4.78, 5) is 39.3. The highest BCUT2D eigenvalue weighted by molar-refractivity contribution is 6.07. The molecule has 3 aromatic carbocycles. The Bertz CT molecular complexity index is 1150. The maximum Gasteiger partial charge on any atom is 0.243 e. The van der Waals surface area contributed by atoms with Crippen molar-refractivity contribution in [2.24, 2.45) is 5.92 Å². The van der Waals surface area contributed by atoms with Gasteiger partial charge in [-0.25, -0.2) is 0 Å². The van der Waals surface area contributed by atoms with Gasteiger partial charge in [0.25, 0.3) is 0 Å². The Labute approximate surface area is 181 Å². The van der Waals surface area contributed by atoms with Crippen molar-refractivity contribution in [2.75, 3.05) is 23.3 Å². The molecule has 1 fully saturated rings. The van der Waals surface area contributed by atoms with Crippen LogP contribution >= 0.6 is 0 Å². The van der Waals surface area contributed by atoms with Gasteiger partial charge in [-0.15, -0.1) is 0 Å². The minimum absolute atomic E-state index is 0.0866. The Hall–Kier alpha value is -3.67. The first-order chi connectivity index (χ1) is 14.9. The number of nitrogens with zero attached hydrogens (tertiary/aromatic N) is 1. The number of para-hydroxylation sites is 1. The van der Waals surface area contributed by atoms with Crippen molar-refractivity contribution < 1.29 is 14.4 Å². The SMILES string of the molecule is Cc1cccc(C)c1NC(=O)CNC(=O)[C@H]1CC(=O)N(c2cccc3ccccc23)C1. The van der Waals surface area contributed by atoms with E-state index in [4.69, 9.17) is 0 Å². The number of benzene rings is 3. The maximum atomic E-state index is 12.7. The molecule has 0 saturated carbocycles. The fourth-order valence-electron chi connectivity index (χ4n) is 4.07. The summed E-state index contributed by atoms with van der Waals surface area (Å²) in [6, 6.07) is 19.5. The molecule has 0 aromatic heterocycles. The number of fused-ring (bicyclic) bond motifs is 1. The second-order valence-electron chi connectivity index (χ2n) is 7.94. The first-order valence-corrected chi connectivity index (χ1v) is 10.4. The molecule has 4 rings (SSSR count). The monoisotopic (exact) mass is 415 g/mol. The normalized spacial score (nSPS) is 15.9. The Morgan fingerprint density at radius 2 is 1.65 bits per heavy atom. The molecule has 6 nitrogen and oxygen atoms in total. The van der Waals surface area contributed by atoms with E-state index in [0.29, 0.717) is 6.54 Å². The van der Waals surface area contributed by atoms with Gasteiger partial charge in [0, 0.05) is 24.0 Å². The van der Waals surface area contributed by atoms with Crippen molar-refractivity contribution in [1.29, 1.82) is 0 Å². The van der Waals surface area contributed by atoms with Crippen LogP contribution < -0.4 is 15.5 Å². The van der Waals surface area contributed by atoms with Crippen LogP contribution in [0.1, 0.15) is 17.5 Å². The predicted octanol–water partition coefficient (Wildman–Crippen LogP) is 3.56. The molecule has 2 N–H and O–H groups in total. The van der Waals surface area contributed by atoms with Crippen LogP contribution in [-0.2, 0) is 14.4 Å². The molecule has 0 spiro atoms. The molecule has 3 amide bonds. The molecule has 0 aliphatic carbocycles. The molecule has 0 bridgehead atoms. The van der Waals surface area contributed by atoms with Crippen molar-refractivity contribution in [3.8, 4) is 0 Å². The fraction of sp³-hybridized carbons (Fsp3) is 0.240. The molecule has 158 valence electrons. The van der Waals surface area contributed by atoms with Gasteiger partial charge < -0.3 is 15.5 Å². The number of nitrogens with one attached hydrogen (secondary N) is 2. The van der Waals surface area contributed by atoms with Crippen LogP contribution in [0.5, 0.6) is 0 Å². The Morgan fingerprint density at radius 3 is 2.42 bits per heavy atom. The van der Waals surface area contributed by atoms with Gasteiger partial charge in [-0.2, -0.15) is 0 Å². The minimum atomic E-state index is -0.487. The smallest absolute Gasteiger partial charge is 0.243 e. The lowest BCUT2D eigenvalue weighted by atomic mass is 10.1. The van der Waals surface area contributed by atoms with Crippen LogP contribution in [0, 0.1) is 19.8 Å². The maximum absolute atomic E-state index is 12.7. The molecule has 3 aromatic rings. The van der Waals surface area contributed by atoms with E-state index in [9.17, 15) is 14.4 Å². The minimum Gasteiger partial charge on any atom is -0.347 e. The van der Waals surface area contributed by atoms with Gasteiger partial charge in [-0.3, -0.25) is 14.4 Å². The van der Waals surface area contributed by atoms with E-state index in [1.54, 1.807) is 4.90 Å². The number of amides is 3. The van der Waals surface area contributed by atoms with Crippen molar-refractivity contribution in [1.82, 2.24) is 5.32 Å². The molecular weight excluding hydrogens is 390 g/mol. The molecule has 0 unspecified atom stereocenters. The molecule has 0 radical (unpaired) electrons. The number of aryl methyl sites for hydroxylation is 2. The van der Waals surface area contributed by atoms with E-state index in [-0.39, 0.29) is 30.7 Å². The highest BCUT2D eigenvalue weighted by Crippen LogP contribution is 2.31. The zero-order chi connectivity index (χ0) is 22.0. The largest absolute Gasteiger partial charge is 0.347 e. The summed E-state index contributed by atoms with van der Waals surface area (Å²) in [5, 5.41) is 7.56. The lowest BCUT2D eigenvalue weighted by Crippen LogP contribution is -2.38. The van der Waals surface area contributed by atoms with Crippen LogP contribution in [0.25, 0.3) is 10.8 Å². The zero-order valence-electron chi connectivity index (χ0n) is 17.6. The number of rotatable bonds is 5. The van der Waals surface area contributed by atoms with Crippen molar-refractivity contribution >= 4 is 39.9 Å². The average Bonchev–Trinajstić information content (AvgIpc) is 3.16. The zero-order valence-corrected chi connectivity index (χ0v) is 17.6. The molecule has 6 heteroatoms. The molecule has 1 saturated heterocycles. The fourth-order valence-corrected chi connectivity index (χ4v) is 4.07. The lowest BCUT2D eigenvalue weighted by molar-refractivity contribution is -0.127. The van der Waals surface area contributed by atoms with Crippen LogP contribution in [0.2, 0.25) is 0 Å². The van der Waals surface area contributed by atoms with Crippen molar-refractivity contribution in [3.05, 3.63) is 71.8 Å². The molecule has 1 atom stereocenters. The second-order valence-corrected chi connectivity index (χ2v) is 7.94. The van der Waals surface area contributed by atoms with E-state index >= 15 is 0 Å². The van der Waals surface area contributed by atoms with Gasteiger partial charge in [0.05, 0.1) is 18.2 Å². The van der Waals surface area contributed by atoms with E-state index < -0.39 is 5.92 Å². The van der Waals surface area contributed by atoms with Gasteiger partial charge >= 0.3 is 0 Å². The Kier molecular flexibility index (Phi) is 5.71. The predicted molar refractivity (Wildman–Crippen MR) is 122 cm³/mol. The molecule has 1 aliphatic heterocycles. The average molecular weight is 415 g/mol. The highest BCUT2D eigenvalue weighted by Gasteiger charge is 2.35. The van der Waals surface area contributed by atoms with Gasteiger partial charge in [-0.05, 0) is 36.4 Å². The topological polar surface area (TPSA) is 78.5 Å². The van der Waals surface area contributed by atoms with Crippen LogP contribution in [0.3, 0.4) is 0 Å². The summed E-state index contributed by atoms with van der Waals surface area (Å²) in [6.07, 6.45) is 0.133. The van der Waals surface area contributed by atoms with E-state index in [1.807, 2.05) is 74.5 Å². The van der Waals surface area contributed by atoms with E-state index in [1.165, 1.54) is 0 Å². The van der Waals surface area contributed by atoms with Crippen molar-refractivity contribution in [3.63, 3.8) is 0 Å². The molecule has 1 heterocycles. The third-order valence-electron chi connectivity index (χ3n) is 5.72. The summed E-state index contributed by atoms with van der Waals surface area (Å²) in [7, 11) is 0. The summed E-state index contributed by atoms with van der Waals surface area (Å²) >= 11 is 0. The summed E-state index contributed by atoms with van der Waals surface area (Å²) in [5.41, 5.74) is 3.50. The molecular formula is C25H25N3O3. The highest BCUT2D eigenvalue weighted by atomic mass is 16.2. The third-order valence-corrected chi connectivity index (χ3v) is 5.72. The number of carbonyl (C=O) groups is 3. The van der Waals surface area contributed by atoms with Gasteiger partial charge in [-0.1, -0.05) is 54.6 Å². The summed E-state index contributed by atoms with van der Waals surface area (Å²) in [5.74, 6) is -1.15. The van der Waals surface area contributed by atoms with Gasteiger partial charge in [0.1, 0.15) is 0 Å². The summed E-state index contributed by atoms with van der Waals surface area (Å²) < 4.78 is 0. The van der Waals surface area contributed by atoms with E-state index in [0.717, 1.165) is 33.3 Å². The molecule has 1 aliphatic rings. The van der Waals surface area contributed by atoms with Gasteiger partial charge in [0.15, 0.2) is 0 Å². The second kappa shape index (κ2) is 8.60. The van der Waals surface area contributed by atoms with Crippen LogP contribution in [0.4, 0.5) is 11.4 Å². The van der Waals surface area contributed by atoms with E-state index in [2.05, 4.69) is 10.6 Å². The van der Waals surface area contributed by atoms with Crippen LogP contribution in [0.15, 0.2) is 60.7 Å². The van der Waals surface area contributed by atoms with Gasteiger partial charge in [0.2, 0.25) is 17.7 Å². The number of hydrogen-bond donors (Lipinski definition) is 2. The van der Waals surface area contributed by atoms with Crippen LogP contribution in [-0.4, -0.2) is 30.8 Å². The Morgan fingerprint density at radius 1 is 0.968 bits per heavy atom. The number of carbonyl (C=O) groups excluding carboxylic acids is 3. The molecule has 31 heavy (non-hydrogen) atoms. The standard InChI is InChI=1S/C25H25N3O3/c1-16-7-5-8-17(2)24(16)27-22(29)14-26-25(31)19-13-23(30)28(15-19)21-12-6-10-18-9-3-4-11-20(18)21/h3-12,19H,13-15H2,1-2H3,(H,26,31)(H,27,29)/t19-/m0/s1. The summed E-state index contributed by atoms with van der Waals surface area (Å²) in [6.45, 7) is 4.02. The van der Waals surface area contributed by atoms with Crippen molar-refractivity contribution in [2.45, 2.75) is 20.3 Å². The third kappa shape index (κ3) is 4.28. The first kappa shape index (κ1) is 20.6.